The van der Waals surface area contributed by atoms with E-state index < -0.39 is 0 Å². The normalized spacial score (nSPS) is 12.0. The fraction of sp³-hybridized carbons (Fsp3) is 0.350. The topological polar surface area (TPSA) is 77.2 Å². The average molecular weight is 382 g/mol. The second kappa shape index (κ2) is 9.18. The van der Waals surface area contributed by atoms with Crippen molar-refractivity contribution in [2.75, 3.05) is 20.8 Å². The largest absolute Gasteiger partial charge is 0.382 e. The second-order valence-corrected chi connectivity index (χ2v) is 6.65. The molecular formula is C20H26N6O2. The van der Waals surface area contributed by atoms with E-state index in [9.17, 15) is 4.79 Å². The number of hydrogen-bond acceptors (Lipinski definition) is 4. The number of carbonyl (C=O) groups is 1. The summed E-state index contributed by atoms with van der Waals surface area (Å²) in [5, 5.41) is 7.17. The fourth-order valence-corrected chi connectivity index (χ4v) is 3.05. The van der Waals surface area contributed by atoms with E-state index in [4.69, 9.17) is 4.74 Å². The van der Waals surface area contributed by atoms with Gasteiger partial charge in [0.1, 0.15) is 5.82 Å². The summed E-state index contributed by atoms with van der Waals surface area (Å²) in [6, 6.07) is 11.6. The van der Waals surface area contributed by atoms with Gasteiger partial charge >= 0.3 is 6.03 Å². The summed E-state index contributed by atoms with van der Waals surface area (Å²) in [5.74, 6) is 0.824. The van der Waals surface area contributed by atoms with Crippen LogP contribution in [0.1, 0.15) is 23.1 Å². The predicted molar refractivity (Wildman–Crippen MR) is 106 cm³/mol. The molecular weight excluding hydrogens is 356 g/mol. The molecule has 0 spiro atoms. The highest BCUT2D eigenvalue weighted by molar-refractivity contribution is 5.74. The summed E-state index contributed by atoms with van der Waals surface area (Å²) in [5.41, 5.74) is 2.07. The van der Waals surface area contributed by atoms with Crippen molar-refractivity contribution in [2.45, 2.75) is 19.1 Å². The minimum atomic E-state index is -0.281. The first-order valence-electron chi connectivity index (χ1n) is 9.11. The van der Waals surface area contributed by atoms with E-state index in [2.05, 4.69) is 27.5 Å². The highest BCUT2D eigenvalue weighted by atomic mass is 16.5. The zero-order chi connectivity index (χ0) is 19.9. The summed E-state index contributed by atoms with van der Waals surface area (Å²) in [4.78, 5) is 18.8. The van der Waals surface area contributed by atoms with Gasteiger partial charge in [-0.3, -0.25) is 4.68 Å². The number of aryl methyl sites for hydroxylation is 1. The van der Waals surface area contributed by atoms with Crippen molar-refractivity contribution in [3.05, 3.63) is 72.1 Å². The van der Waals surface area contributed by atoms with Crippen LogP contribution < -0.4 is 5.32 Å². The maximum Gasteiger partial charge on any atom is 0.318 e. The summed E-state index contributed by atoms with van der Waals surface area (Å²) < 4.78 is 9.05. The van der Waals surface area contributed by atoms with Gasteiger partial charge in [-0.05, 0) is 11.6 Å². The van der Waals surface area contributed by atoms with Crippen LogP contribution in [0.2, 0.25) is 0 Å². The lowest BCUT2D eigenvalue weighted by molar-refractivity contribution is 0.154. The van der Waals surface area contributed by atoms with Crippen molar-refractivity contribution in [2.24, 2.45) is 7.05 Å². The van der Waals surface area contributed by atoms with Crippen LogP contribution in [-0.2, 0) is 24.9 Å². The molecule has 0 aliphatic rings. The Morgan fingerprint density at radius 2 is 2.04 bits per heavy atom. The average Bonchev–Trinajstić information content (AvgIpc) is 3.31. The molecule has 3 rings (SSSR count). The van der Waals surface area contributed by atoms with E-state index in [1.807, 2.05) is 42.1 Å². The summed E-state index contributed by atoms with van der Waals surface area (Å²) >= 11 is 0. The summed E-state index contributed by atoms with van der Waals surface area (Å²) in [7, 11) is 5.21. The number of nitrogens with one attached hydrogen (secondary N) is 1. The van der Waals surface area contributed by atoms with Crippen LogP contribution in [-0.4, -0.2) is 51.0 Å². The van der Waals surface area contributed by atoms with Crippen LogP contribution in [0, 0.1) is 0 Å². The molecule has 28 heavy (non-hydrogen) atoms. The summed E-state index contributed by atoms with van der Waals surface area (Å²) in [6.45, 7) is 1.48. The number of benzene rings is 1. The molecule has 0 aliphatic heterocycles. The monoisotopic (exact) mass is 382 g/mol. The lowest BCUT2D eigenvalue weighted by Gasteiger charge is -2.23. The van der Waals surface area contributed by atoms with Crippen molar-refractivity contribution in [1.82, 2.24) is 29.5 Å². The Bertz CT molecular complexity index is 889. The van der Waals surface area contributed by atoms with Gasteiger partial charge in [-0.25, -0.2) is 9.78 Å². The van der Waals surface area contributed by atoms with Crippen LogP contribution in [0.3, 0.4) is 0 Å². The molecule has 0 unspecified atom stereocenters. The number of carbonyl (C=O) groups excluding carboxylic acids is 1. The molecule has 8 heteroatoms. The molecule has 0 fully saturated rings. The molecule has 0 aliphatic carbocycles. The molecule has 0 bridgehead atoms. The van der Waals surface area contributed by atoms with E-state index in [-0.39, 0.29) is 12.1 Å². The quantitative estimate of drug-likeness (QED) is 0.648. The number of nitrogens with zero attached hydrogens (tertiary/aromatic N) is 5. The maximum absolute atomic E-state index is 12.7. The van der Waals surface area contributed by atoms with Gasteiger partial charge in [-0.15, -0.1) is 0 Å². The van der Waals surface area contributed by atoms with E-state index in [1.54, 1.807) is 36.1 Å². The predicted octanol–water partition coefficient (Wildman–Crippen LogP) is 2.19. The Morgan fingerprint density at radius 1 is 1.25 bits per heavy atom. The van der Waals surface area contributed by atoms with Gasteiger partial charge < -0.3 is 19.5 Å². The number of urea groups is 1. The third kappa shape index (κ3) is 4.77. The van der Waals surface area contributed by atoms with Gasteiger partial charge in [0.05, 0.1) is 24.9 Å². The number of amides is 2. The maximum atomic E-state index is 12.7. The Morgan fingerprint density at radius 3 is 2.71 bits per heavy atom. The Labute approximate surface area is 164 Å². The van der Waals surface area contributed by atoms with Gasteiger partial charge in [0.2, 0.25) is 0 Å². The van der Waals surface area contributed by atoms with Crippen molar-refractivity contribution < 1.29 is 9.53 Å². The standard InChI is InChI=1S/C20H26N6O2/c1-24(20(27)23-17(15-28-3)18-9-10-22-25(18)2)14-19-21-11-12-26(19)13-16-7-5-4-6-8-16/h4-12,17H,13-15H2,1-3H3,(H,23,27)/t17-/m0/s1. The van der Waals surface area contributed by atoms with Crippen LogP contribution in [0.5, 0.6) is 0 Å². The summed E-state index contributed by atoms with van der Waals surface area (Å²) in [6.07, 6.45) is 5.39. The number of methoxy groups -OCH3 is 1. The van der Waals surface area contributed by atoms with Gasteiger partial charge in [0.15, 0.2) is 0 Å². The lowest BCUT2D eigenvalue weighted by atomic mass is 10.2. The molecule has 148 valence electrons. The van der Waals surface area contributed by atoms with Crippen molar-refractivity contribution >= 4 is 6.03 Å². The molecule has 2 amide bonds. The number of ether oxygens (including phenoxy) is 1. The van der Waals surface area contributed by atoms with E-state index in [0.717, 1.165) is 11.5 Å². The van der Waals surface area contributed by atoms with Crippen LogP contribution in [0.25, 0.3) is 0 Å². The molecule has 8 nitrogen and oxygen atoms in total. The Hall–Kier alpha value is -3.13. The van der Waals surface area contributed by atoms with Crippen molar-refractivity contribution in [1.29, 1.82) is 0 Å². The number of aromatic nitrogens is 4. The zero-order valence-corrected chi connectivity index (χ0v) is 16.4. The fourth-order valence-electron chi connectivity index (χ4n) is 3.05. The Kier molecular flexibility index (Phi) is 6.44. The molecule has 1 N–H and O–H groups in total. The molecule has 2 heterocycles. The second-order valence-electron chi connectivity index (χ2n) is 6.65. The highest BCUT2D eigenvalue weighted by Crippen LogP contribution is 2.13. The molecule has 0 radical (unpaired) electrons. The van der Waals surface area contributed by atoms with E-state index in [1.165, 1.54) is 5.56 Å². The third-order valence-electron chi connectivity index (χ3n) is 4.57. The van der Waals surface area contributed by atoms with E-state index in [0.29, 0.717) is 19.7 Å². The minimum absolute atomic E-state index is 0.197. The molecule has 1 aromatic carbocycles. The highest BCUT2D eigenvalue weighted by Gasteiger charge is 2.20. The lowest BCUT2D eigenvalue weighted by Crippen LogP contribution is -2.41. The van der Waals surface area contributed by atoms with Gasteiger partial charge in [-0.2, -0.15) is 5.10 Å². The molecule has 2 aromatic heterocycles. The zero-order valence-electron chi connectivity index (χ0n) is 16.4. The first kappa shape index (κ1) is 19.6. The molecule has 3 aromatic rings. The van der Waals surface area contributed by atoms with Crippen LogP contribution in [0.4, 0.5) is 4.79 Å². The van der Waals surface area contributed by atoms with Crippen molar-refractivity contribution in [3.63, 3.8) is 0 Å². The van der Waals surface area contributed by atoms with Crippen LogP contribution in [0.15, 0.2) is 55.0 Å². The van der Waals surface area contributed by atoms with Crippen molar-refractivity contribution in [3.8, 4) is 0 Å². The minimum Gasteiger partial charge on any atom is -0.382 e. The van der Waals surface area contributed by atoms with E-state index >= 15 is 0 Å². The number of rotatable bonds is 8. The van der Waals surface area contributed by atoms with Gasteiger partial charge in [-0.1, -0.05) is 30.3 Å². The van der Waals surface area contributed by atoms with Crippen LogP contribution >= 0.6 is 0 Å². The first-order chi connectivity index (χ1) is 13.6. The molecule has 1 atom stereocenters. The third-order valence-corrected chi connectivity index (χ3v) is 4.57. The van der Waals surface area contributed by atoms with Gasteiger partial charge in [0, 0.05) is 46.3 Å². The first-order valence-corrected chi connectivity index (χ1v) is 9.11. The molecule has 0 saturated heterocycles. The van der Waals surface area contributed by atoms with Gasteiger partial charge in [0.25, 0.3) is 0 Å². The number of imidazole rings is 1. The Balaban J connectivity index is 1.64. The SMILES string of the molecule is COC[C@H](NC(=O)N(C)Cc1nccn1Cc1ccccc1)c1ccnn1C. The molecule has 0 saturated carbocycles. The number of hydrogen-bond donors (Lipinski definition) is 1. The smallest absolute Gasteiger partial charge is 0.318 e.